The van der Waals surface area contributed by atoms with E-state index in [9.17, 15) is 0 Å². The van der Waals surface area contributed by atoms with Gasteiger partial charge in [-0.25, -0.2) is 0 Å². The lowest BCUT2D eigenvalue weighted by molar-refractivity contribution is 0.0718. The molecule has 0 amide bonds. The Hall–Kier alpha value is -1.33. The standard InChI is InChI=1S/C14H15BrN2O2/c1-17-14-9-18-7-10(13(14)6-16-17)8-19-12-4-2-11(15)3-5-12/h2-6,10H,7-9H2,1H3. The van der Waals surface area contributed by atoms with E-state index in [4.69, 9.17) is 9.47 Å². The van der Waals surface area contributed by atoms with Crippen molar-refractivity contribution < 1.29 is 9.47 Å². The van der Waals surface area contributed by atoms with E-state index >= 15 is 0 Å². The molecule has 0 N–H and O–H groups in total. The lowest BCUT2D eigenvalue weighted by atomic mass is 10.00. The van der Waals surface area contributed by atoms with E-state index in [1.165, 1.54) is 5.56 Å². The maximum absolute atomic E-state index is 5.83. The molecule has 2 aromatic rings. The van der Waals surface area contributed by atoms with E-state index in [2.05, 4.69) is 21.0 Å². The number of aryl methyl sites for hydroxylation is 1. The maximum atomic E-state index is 5.83. The molecule has 1 aliphatic heterocycles. The number of aromatic nitrogens is 2. The molecule has 2 heterocycles. The molecule has 0 radical (unpaired) electrons. The molecule has 1 aliphatic rings. The molecule has 4 nitrogen and oxygen atoms in total. The Morgan fingerprint density at radius 3 is 3.00 bits per heavy atom. The van der Waals surface area contributed by atoms with Gasteiger partial charge in [-0.3, -0.25) is 4.68 Å². The lowest BCUT2D eigenvalue weighted by Crippen LogP contribution is -2.22. The molecule has 0 aliphatic carbocycles. The summed E-state index contributed by atoms with van der Waals surface area (Å²) in [6.45, 7) is 1.94. The first-order chi connectivity index (χ1) is 9.24. The van der Waals surface area contributed by atoms with Crippen molar-refractivity contribution in [2.75, 3.05) is 13.2 Å². The predicted octanol–water partition coefficient (Wildman–Crippen LogP) is 2.88. The first-order valence-electron chi connectivity index (χ1n) is 6.21. The van der Waals surface area contributed by atoms with Gasteiger partial charge in [0.2, 0.25) is 0 Å². The largest absolute Gasteiger partial charge is 0.493 e. The van der Waals surface area contributed by atoms with Gasteiger partial charge in [-0.2, -0.15) is 5.10 Å². The van der Waals surface area contributed by atoms with Crippen LogP contribution in [-0.2, 0) is 18.4 Å². The second-order valence-corrected chi connectivity index (χ2v) is 5.56. The summed E-state index contributed by atoms with van der Waals surface area (Å²) in [6, 6.07) is 7.86. The summed E-state index contributed by atoms with van der Waals surface area (Å²) in [5.41, 5.74) is 2.39. The SMILES string of the molecule is Cn1ncc2c1COCC2COc1ccc(Br)cc1. The quantitative estimate of drug-likeness (QED) is 0.871. The molecule has 1 aromatic heterocycles. The van der Waals surface area contributed by atoms with E-state index in [0.29, 0.717) is 19.8 Å². The molecule has 0 fully saturated rings. The molecule has 1 unspecified atom stereocenters. The van der Waals surface area contributed by atoms with Gasteiger partial charge in [-0.05, 0) is 24.3 Å². The van der Waals surface area contributed by atoms with E-state index in [-0.39, 0.29) is 5.92 Å². The smallest absolute Gasteiger partial charge is 0.119 e. The fourth-order valence-electron chi connectivity index (χ4n) is 2.25. The van der Waals surface area contributed by atoms with Crippen LogP contribution in [0, 0.1) is 0 Å². The minimum absolute atomic E-state index is 0.251. The summed E-state index contributed by atoms with van der Waals surface area (Å²) in [4.78, 5) is 0. The highest BCUT2D eigenvalue weighted by molar-refractivity contribution is 9.10. The molecule has 0 saturated carbocycles. The molecular formula is C14H15BrN2O2. The number of nitrogens with zero attached hydrogens (tertiary/aromatic N) is 2. The van der Waals surface area contributed by atoms with Gasteiger partial charge >= 0.3 is 0 Å². The third-order valence-electron chi connectivity index (χ3n) is 3.36. The average Bonchev–Trinajstić information content (AvgIpc) is 2.81. The van der Waals surface area contributed by atoms with Gasteiger partial charge in [0.05, 0.1) is 31.7 Å². The Bertz CT molecular complexity index is 565. The average molecular weight is 323 g/mol. The second kappa shape index (κ2) is 5.35. The third-order valence-corrected chi connectivity index (χ3v) is 3.89. The minimum atomic E-state index is 0.251. The van der Waals surface area contributed by atoms with Crippen LogP contribution in [0.15, 0.2) is 34.9 Å². The number of hydrogen-bond acceptors (Lipinski definition) is 3. The number of fused-ring (bicyclic) bond motifs is 1. The molecule has 19 heavy (non-hydrogen) atoms. The van der Waals surface area contributed by atoms with Crippen molar-refractivity contribution in [3.05, 3.63) is 46.2 Å². The number of halogens is 1. The highest BCUT2D eigenvalue weighted by Crippen LogP contribution is 2.27. The summed E-state index contributed by atoms with van der Waals surface area (Å²) in [5, 5.41) is 4.29. The van der Waals surface area contributed by atoms with Gasteiger partial charge in [-0.15, -0.1) is 0 Å². The van der Waals surface area contributed by atoms with Crippen LogP contribution in [0.25, 0.3) is 0 Å². The highest BCUT2D eigenvalue weighted by Gasteiger charge is 2.24. The van der Waals surface area contributed by atoms with Crippen LogP contribution in [0.4, 0.5) is 0 Å². The van der Waals surface area contributed by atoms with Crippen molar-refractivity contribution in [3.63, 3.8) is 0 Å². The third kappa shape index (κ3) is 2.67. The van der Waals surface area contributed by atoms with Gasteiger partial charge in [0.1, 0.15) is 5.75 Å². The molecule has 1 atom stereocenters. The summed E-state index contributed by atoms with van der Waals surface area (Å²) >= 11 is 3.41. The maximum Gasteiger partial charge on any atom is 0.119 e. The van der Waals surface area contributed by atoms with Crippen molar-refractivity contribution in [2.24, 2.45) is 7.05 Å². The van der Waals surface area contributed by atoms with Gasteiger partial charge < -0.3 is 9.47 Å². The van der Waals surface area contributed by atoms with Crippen LogP contribution in [0.3, 0.4) is 0 Å². The van der Waals surface area contributed by atoms with Crippen molar-refractivity contribution in [1.82, 2.24) is 9.78 Å². The fraction of sp³-hybridized carbons (Fsp3) is 0.357. The summed E-state index contributed by atoms with van der Waals surface area (Å²) in [7, 11) is 1.94. The predicted molar refractivity (Wildman–Crippen MR) is 75.2 cm³/mol. The Labute approximate surface area is 120 Å². The molecule has 5 heteroatoms. The summed E-state index contributed by atoms with van der Waals surface area (Å²) < 4.78 is 14.4. The number of rotatable bonds is 3. The second-order valence-electron chi connectivity index (χ2n) is 4.65. The highest BCUT2D eigenvalue weighted by atomic mass is 79.9. The van der Waals surface area contributed by atoms with Gasteiger partial charge in [0, 0.05) is 23.0 Å². The Kier molecular flexibility index (Phi) is 3.57. The van der Waals surface area contributed by atoms with Crippen LogP contribution >= 0.6 is 15.9 Å². The van der Waals surface area contributed by atoms with E-state index in [0.717, 1.165) is 15.9 Å². The van der Waals surface area contributed by atoms with Crippen molar-refractivity contribution in [1.29, 1.82) is 0 Å². The molecule has 0 bridgehead atoms. The first kappa shape index (κ1) is 12.7. The summed E-state index contributed by atoms with van der Waals surface area (Å²) in [6.07, 6.45) is 1.92. The van der Waals surface area contributed by atoms with E-state index < -0.39 is 0 Å². The minimum Gasteiger partial charge on any atom is -0.493 e. The van der Waals surface area contributed by atoms with Gasteiger partial charge in [0.25, 0.3) is 0 Å². The van der Waals surface area contributed by atoms with Crippen LogP contribution in [0.1, 0.15) is 17.2 Å². The van der Waals surface area contributed by atoms with Crippen LogP contribution < -0.4 is 4.74 Å². The normalized spacial score (nSPS) is 18.1. The zero-order chi connectivity index (χ0) is 13.2. The molecule has 100 valence electrons. The van der Waals surface area contributed by atoms with E-state index in [1.807, 2.05) is 42.2 Å². The number of hydrogen-bond donors (Lipinski definition) is 0. The summed E-state index contributed by atoms with van der Waals surface area (Å²) in [5.74, 6) is 1.13. The molecule has 3 rings (SSSR count). The van der Waals surface area contributed by atoms with Crippen molar-refractivity contribution >= 4 is 15.9 Å². The molecule has 1 aromatic carbocycles. The monoisotopic (exact) mass is 322 g/mol. The first-order valence-corrected chi connectivity index (χ1v) is 7.00. The van der Waals surface area contributed by atoms with Crippen LogP contribution in [-0.4, -0.2) is 23.0 Å². The lowest BCUT2D eigenvalue weighted by Gasteiger charge is -2.23. The number of ether oxygens (including phenoxy) is 2. The zero-order valence-corrected chi connectivity index (χ0v) is 12.3. The van der Waals surface area contributed by atoms with Crippen LogP contribution in [0.2, 0.25) is 0 Å². The molecule has 0 spiro atoms. The van der Waals surface area contributed by atoms with Crippen molar-refractivity contribution in [2.45, 2.75) is 12.5 Å². The fourth-order valence-corrected chi connectivity index (χ4v) is 2.52. The van der Waals surface area contributed by atoms with Gasteiger partial charge in [-0.1, -0.05) is 15.9 Å². The zero-order valence-electron chi connectivity index (χ0n) is 10.7. The van der Waals surface area contributed by atoms with Crippen molar-refractivity contribution in [3.8, 4) is 5.75 Å². The van der Waals surface area contributed by atoms with Gasteiger partial charge in [0.15, 0.2) is 0 Å². The Morgan fingerprint density at radius 1 is 1.42 bits per heavy atom. The molecular weight excluding hydrogens is 308 g/mol. The van der Waals surface area contributed by atoms with Crippen LogP contribution in [0.5, 0.6) is 5.75 Å². The Balaban J connectivity index is 1.69. The molecule has 0 saturated heterocycles. The topological polar surface area (TPSA) is 36.3 Å². The van der Waals surface area contributed by atoms with E-state index in [1.54, 1.807) is 0 Å². The Morgan fingerprint density at radius 2 is 2.21 bits per heavy atom. The number of benzene rings is 1.